The van der Waals surface area contributed by atoms with Gasteiger partial charge in [0.1, 0.15) is 17.5 Å². The van der Waals surface area contributed by atoms with Crippen LogP contribution in [0, 0.1) is 59.0 Å². The highest BCUT2D eigenvalue weighted by Crippen LogP contribution is 2.44. The van der Waals surface area contributed by atoms with Gasteiger partial charge in [-0.15, -0.1) is 24.5 Å². The van der Waals surface area contributed by atoms with Gasteiger partial charge < -0.3 is 48.4 Å². The summed E-state index contributed by atoms with van der Waals surface area (Å²) < 4.78 is 48.4. The van der Waals surface area contributed by atoms with Gasteiger partial charge >= 0.3 is 0 Å². The molecule has 0 amide bonds. The maximum Gasteiger partial charge on any atom is 0.274 e. The van der Waals surface area contributed by atoms with Gasteiger partial charge in [-0.05, 0) is 122 Å². The molecule has 23 nitrogen and oxygen atoms in total. The first-order valence-electron chi connectivity index (χ1n) is 31.2. The first-order valence-corrected chi connectivity index (χ1v) is 32.0. The summed E-state index contributed by atoms with van der Waals surface area (Å²) in [4.78, 5) is 65.2. The van der Waals surface area contributed by atoms with E-state index in [0.717, 1.165) is 26.7 Å². The lowest BCUT2D eigenvalue weighted by molar-refractivity contribution is -0.385. The molecule has 0 aliphatic heterocycles. The van der Waals surface area contributed by atoms with Gasteiger partial charge in [-0.2, -0.15) is 0 Å². The van der Waals surface area contributed by atoms with Crippen LogP contribution in [0.25, 0.3) is 54.5 Å². The minimum absolute atomic E-state index is 0.00779. The summed E-state index contributed by atoms with van der Waals surface area (Å²) in [5.74, 6) is -2.04. The maximum absolute atomic E-state index is 13.7. The number of nitro groups is 1. The van der Waals surface area contributed by atoms with Gasteiger partial charge in [0.15, 0.2) is 28.4 Å². The standard InChI is InChI=1S/C16H14N2O2.C15H10BrFN2O2.2C15H11FN2O2.C15H11N3O4/c1-11-5-4-6-12(9-11)10-18-14-8-3-2-7-13(14)15(17-20)16(18)19;16-10-3-6-13-12(7-10)14(18-21)15(20)19(13)8-9-1-4-11(17)5-2-9;16-12-7-3-1-5-10(12)9-18-13-8-4-2-6-11(13)14(17-20)15(18)19;16-11-5-3-4-10(8-11)9-18-13-7-2-1-6-12(13)14(17-20)15(18)19;19-15-14(16-20)11-6-2-4-8-13(11)17(15)9-10-5-1-3-7-12(10)18(21)22/h2-9,19H,10H2,1H3;1-7,20H,8H2;2*1-8,19H,9H2;1-8,19H,9H2. The van der Waals surface area contributed by atoms with E-state index in [0.29, 0.717) is 78.8 Å². The molecule has 0 unspecified atom stereocenters. The molecule has 15 aromatic rings. The molecule has 5 aromatic heterocycles. The molecule has 5 N–H and O–H groups in total. The molecule has 0 spiro atoms. The van der Waals surface area contributed by atoms with E-state index < -0.39 is 4.92 Å². The lowest BCUT2D eigenvalue weighted by Gasteiger charge is -2.07. The molecule has 0 bridgehead atoms. The number of nitro benzene ring substituents is 1. The quantitative estimate of drug-likeness (QED) is 0.0343. The smallest absolute Gasteiger partial charge is 0.274 e. The van der Waals surface area contributed by atoms with E-state index in [4.69, 9.17) is 0 Å². The van der Waals surface area contributed by atoms with Crippen LogP contribution in [0.1, 0.15) is 33.4 Å². The molecular formula is C76H57BrF3N11O12. The minimum atomic E-state index is -0.475. The first kappa shape index (κ1) is 70.9. The Labute approximate surface area is 589 Å². The second-order valence-corrected chi connectivity index (χ2v) is 24.1. The van der Waals surface area contributed by atoms with Crippen molar-refractivity contribution in [3.05, 3.63) is 327 Å². The second-order valence-electron chi connectivity index (χ2n) is 23.2. The summed E-state index contributed by atoms with van der Waals surface area (Å²) in [6, 6.07) is 66.4. The molecule has 27 heteroatoms. The van der Waals surface area contributed by atoms with Crippen molar-refractivity contribution in [3.8, 4) is 29.4 Å². The van der Waals surface area contributed by atoms with E-state index in [2.05, 4.69) is 47.9 Å². The van der Waals surface area contributed by atoms with Crippen LogP contribution in [0.4, 0.5) is 47.3 Å². The Bertz CT molecular complexity index is 5580. The molecule has 0 atom stereocenters. The van der Waals surface area contributed by atoms with Crippen LogP contribution in [-0.2, 0) is 32.7 Å². The fourth-order valence-electron chi connectivity index (χ4n) is 12.0. The van der Waals surface area contributed by atoms with Crippen LogP contribution in [-0.4, -0.2) is 53.3 Å². The van der Waals surface area contributed by atoms with Crippen molar-refractivity contribution < 1.29 is 43.6 Å². The van der Waals surface area contributed by atoms with Crippen LogP contribution in [0.15, 0.2) is 267 Å². The number of nitroso groups, excluding NO2 is 5. The van der Waals surface area contributed by atoms with Crippen LogP contribution >= 0.6 is 15.9 Å². The molecule has 0 saturated carbocycles. The summed E-state index contributed by atoms with van der Waals surface area (Å²) in [5, 5.41) is 79.3. The Balaban J connectivity index is 0.000000129. The zero-order chi connectivity index (χ0) is 73.0. The second kappa shape index (κ2) is 31.6. The van der Waals surface area contributed by atoms with Gasteiger partial charge in [-0.1, -0.05) is 179 Å². The predicted molar refractivity (Wildman–Crippen MR) is 392 cm³/mol. The van der Waals surface area contributed by atoms with Gasteiger partial charge in [-0.25, -0.2) is 13.2 Å². The molecule has 0 aliphatic carbocycles. The minimum Gasteiger partial charge on any atom is -0.493 e. The molecular weight excluding hydrogens is 1400 g/mol. The number of hydrogen-bond acceptors (Lipinski definition) is 17. The number of fused-ring (bicyclic) bond motifs is 5. The number of hydrogen-bond donors (Lipinski definition) is 5. The molecule has 103 heavy (non-hydrogen) atoms. The number of para-hydroxylation sites is 5. The zero-order valence-electron chi connectivity index (χ0n) is 54.1. The fourth-order valence-corrected chi connectivity index (χ4v) is 12.4. The zero-order valence-corrected chi connectivity index (χ0v) is 55.7. The Morgan fingerprint density at radius 3 is 1.15 bits per heavy atom. The molecule has 0 saturated heterocycles. The number of benzene rings is 10. The normalized spacial score (nSPS) is 10.8. The van der Waals surface area contributed by atoms with Crippen molar-refractivity contribution in [2.75, 3.05) is 0 Å². The molecule has 5 heterocycles. The molecule has 10 aromatic carbocycles. The highest BCUT2D eigenvalue weighted by Gasteiger charge is 2.24. The summed E-state index contributed by atoms with van der Waals surface area (Å²) in [6.45, 7) is 3.31. The summed E-state index contributed by atoms with van der Waals surface area (Å²) in [6.07, 6.45) is 0. The average molecular weight is 1450 g/mol. The Morgan fingerprint density at radius 1 is 0.359 bits per heavy atom. The third-order valence-corrected chi connectivity index (χ3v) is 17.3. The molecule has 0 fully saturated rings. The van der Waals surface area contributed by atoms with E-state index in [9.17, 15) is 73.4 Å². The number of aromatic nitrogens is 5. The van der Waals surface area contributed by atoms with Crippen molar-refractivity contribution in [1.29, 1.82) is 0 Å². The molecule has 15 rings (SSSR count). The van der Waals surface area contributed by atoms with Crippen molar-refractivity contribution in [1.82, 2.24) is 22.8 Å². The number of nitrogens with zero attached hydrogens (tertiary/aromatic N) is 11. The monoisotopic (exact) mass is 1450 g/mol. The molecule has 0 aliphatic rings. The van der Waals surface area contributed by atoms with E-state index in [-0.39, 0.29) is 101 Å². The van der Waals surface area contributed by atoms with Gasteiger partial charge in [0.2, 0.25) is 29.4 Å². The highest BCUT2D eigenvalue weighted by atomic mass is 79.9. The van der Waals surface area contributed by atoms with Crippen molar-refractivity contribution in [2.24, 2.45) is 25.9 Å². The van der Waals surface area contributed by atoms with Crippen LogP contribution < -0.4 is 0 Å². The van der Waals surface area contributed by atoms with E-state index in [1.54, 1.807) is 165 Å². The third kappa shape index (κ3) is 15.1. The maximum atomic E-state index is 13.7. The summed E-state index contributed by atoms with van der Waals surface area (Å²) in [5.41, 5.74) is 8.01. The van der Waals surface area contributed by atoms with Gasteiger partial charge in [0.25, 0.3) is 5.69 Å². The van der Waals surface area contributed by atoms with Crippen LogP contribution in [0.2, 0.25) is 0 Å². The largest absolute Gasteiger partial charge is 0.493 e. The van der Waals surface area contributed by atoms with Crippen molar-refractivity contribution >= 4 is 105 Å². The fraction of sp³-hybridized carbons (Fsp3) is 0.0789. The SMILES string of the molecule is Cc1cccc(Cn2c(O)c(N=O)c3ccccc32)c1.O=Nc1c(O)n(Cc2ccc(F)cc2)c2ccc(Br)cc12.O=Nc1c(O)n(Cc2cccc(F)c2)c2ccccc12.O=Nc1c(O)n(Cc2ccccc2F)c2ccccc12.O=Nc1c(O)n(Cc2ccccc2[N+](=O)[O-])c2ccccc12. The third-order valence-electron chi connectivity index (χ3n) is 16.8. The van der Waals surface area contributed by atoms with E-state index in [1.165, 1.54) is 45.5 Å². The molecule has 0 radical (unpaired) electrons. The summed E-state index contributed by atoms with van der Waals surface area (Å²) in [7, 11) is 0. The summed E-state index contributed by atoms with van der Waals surface area (Å²) >= 11 is 3.33. The Morgan fingerprint density at radius 2 is 0.718 bits per heavy atom. The van der Waals surface area contributed by atoms with Crippen molar-refractivity contribution in [2.45, 2.75) is 39.6 Å². The number of rotatable bonds is 16. The number of aromatic hydroxyl groups is 5. The van der Waals surface area contributed by atoms with Gasteiger partial charge in [0, 0.05) is 48.6 Å². The lowest BCUT2D eigenvalue weighted by Crippen LogP contribution is -2.02. The van der Waals surface area contributed by atoms with Crippen LogP contribution in [0.5, 0.6) is 29.4 Å². The number of aryl methyl sites for hydroxylation is 1. The topological polar surface area (TPSA) is 316 Å². The average Bonchev–Trinajstić information content (AvgIpc) is 1.65. The van der Waals surface area contributed by atoms with Crippen molar-refractivity contribution in [3.63, 3.8) is 0 Å². The first-order chi connectivity index (χ1) is 49.9. The Hall–Kier alpha value is -13.4. The Kier molecular flexibility index (Phi) is 21.8. The molecule has 516 valence electrons. The van der Waals surface area contributed by atoms with E-state index in [1.807, 2.05) is 49.4 Å². The lowest BCUT2D eigenvalue weighted by atomic mass is 10.1. The van der Waals surface area contributed by atoms with Gasteiger partial charge in [0.05, 0.1) is 65.2 Å². The van der Waals surface area contributed by atoms with Crippen LogP contribution in [0.3, 0.4) is 0 Å². The number of halogens is 4. The van der Waals surface area contributed by atoms with E-state index >= 15 is 0 Å². The highest BCUT2D eigenvalue weighted by molar-refractivity contribution is 9.10. The predicted octanol–water partition coefficient (Wildman–Crippen LogP) is 20.4. The van der Waals surface area contributed by atoms with Gasteiger partial charge in [-0.3, -0.25) is 10.1 Å².